The van der Waals surface area contributed by atoms with Gasteiger partial charge >= 0.3 is 6.03 Å². The molecule has 1 unspecified atom stereocenters. The fourth-order valence-corrected chi connectivity index (χ4v) is 2.86. The smallest absolute Gasteiger partial charge is 0.317 e. The van der Waals surface area contributed by atoms with Crippen molar-refractivity contribution in [3.05, 3.63) is 35.9 Å². The lowest BCUT2D eigenvalue weighted by Gasteiger charge is -2.23. The number of likely N-dealkylation sites (tertiary alicyclic amines) is 1. The molecular formula is C17H26N2O2. The Morgan fingerprint density at radius 1 is 1.14 bits per heavy atom. The highest BCUT2D eigenvalue weighted by Crippen LogP contribution is 2.18. The van der Waals surface area contributed by atoms with Gasteiger partial charge in [-0.1, -0.05) is 43.2 Å². The molecule has 0 radical (unpaired) electrons. The predicted molar refractivity (Wildman–Crippen MR) is 84.3 cm³/mol. The van der Waals surface area contributed by atoms with Gasteiger partial charge in [-0.25, -0.2) is 4.79 Å². The molecule has 0 spiro atoms. The van der Waals surface area contributed by atoms with Gasteiger partial charge in [-0.2, -0.15) is 0 Å². The molecule has 1 aliphatic rings. The number of nitrogens with one attached hydrogen (secondary N) is 1. The Balaban J connectivity index is 1.87. The molecule has 1 aromatic carbocycles. The van der Waals surface area contributed by atoms with Crippen molar-refractivity contribution in [1.29, 1.82) is 0 Å². The minimum Gasteiger partial charge on any atom is -0.396 e. The normalized spacial score (nSPS) is 17.1. The zero-order valence-corrected chi connectivity index (χ0v) is 12.6. The van der Waals surface area contributed by atoms with Crippen LogP contribution in [0.15, 0.2) is 30.3 Å². The third-order valence-electron chi connectivity index (χ3n) is 4.14. The van der Waals surface area contributed by atoms with E-state index in [1.165, 1.54) is 18.4 Å². The lowest BCUT2D eigenvalue weighted by Crippen LogP contribution is -2.42. The summed E-state index contributed by atoms with van der Waals surface area (Å²) in [6, 6.07) is 10.1. The van der Waals surface area contributed by atoms with Crippen LogP contribution < -0.4 is 5.32 Å². The molecule has 4 heteroatoms. The summed E-state index contributed by atoms with van der Waals surface area (Å²) in [7, 11) is 0. The number of nitrogens with zero attached hydrogens (tertiary/aromatic N) is 1. The summed E-state index contributed by atoms with van der Waals surface area (Å²) < 4.78 is 0. The van der Waals surface area contributed by atoms with E-state index in [4.69, 9.17) is 0 Å². The Kier molecular flexibility index (Phi) is 6.54. The van der Waals surface area contributed by atoms with Crippen molar-refractivity contribution in [2.45, 2.75) is 38.0 Å². The van der Waals surface area contributed by atoms with Crippen LogP contribution in [0, 0.1) is 0 Å². The van der Waals surface area contributed by atoms with E-state index in [9.17, 15) is 9.90 Å². The van der Waals surface area contributed by atoms with Crippen molar-refractivity contribution in [3.63, 3.8) is 0 Å². The lowest BCUT2D eigenvalue weighted by atomic mass is 9.96. The molecule has 1 saturated heterocycles. The van der Waals surface area contributed by atoms with Gasteiger partial charge in [-0.3, -0.25) is 0 Å². The van der Waals surface area contributed by atoms with Gasteiger partial charge in [0.1, 0.15) is 0 Å². The molecule has 1 heterocycles. The van der Waals surface area contributed by atoms with Crippen LogP contribution in [0.1, 0.15) is 43.6 Å². The maximum Gasteiger partial charge on any atom is 0.317 e. The molecule has 2 rings (SSSR count). The van der Waals surface area contributed by atoms with E-state index >= 15 is 0 Å². The molecule has 0 saturated carbocycles. The number of hydrogen-bond acceptors (Lipinski definition) is 2. The largest absolute Gasteiger partial charge is 0.396 e. The molecule has 1 aliphatic heterocycles. The third kappa shape index (κ3) is 5.05. The van der Waals surface area contributed by atoms with Crippen LogP contribution in [0.25, 0.3) is 0 Å². The maximum atomic E-state index is 12.2. The number of aliphatic hydroxyl groups is 1. The minimum absolute atomic E-state index is 0.0378. The summed E-state index contributed by atoms with van der Waals surface area (Å²) in [5.41, 5.74) is 1.17. The first-order chi connectivity index (χ1) is 10.3. The van der Waals surface area contributed by atoms with E-state index in [0.29, 0.717) is 13.0 Å². The van der Waals surface area contributed by atoms with Crippen LogP contribution in [0.4, 0.5) is 4.79 Å². The standard InChI is InChI=1S/C17H26N2O2/c20-13-10-16(15-8-4-3-5-9-15)14-18-17(21)19-11-6-1-2-7-12-19/h3-5,8-9,16,20H,1-2,6-7,10-14H2,(H,18,21). The van der Waals surface area contributed by atoms with E-state index in [2.05, 4.69) is 17.4 Å². The van der Waals surface area contributed by atoms with Gasteiger partial charge in [-0.15, -0.1) is 0 Å². The van der Waals surface area contributed by atoms with Crippen LogP contribution in [0.2, 0.25) is 0 Å². The van der Waals surface area contributed by atoms with E-state index < -0.39 is 0 Å². The molecular weight excluding hydrogens is 264 g/mol. The van der Waals surface area contributed by atoms with Crippen molar-refractivity contribution in [3.8, 4) is 0 Å². The van der Waals surface area contributed by atoms with E-state index in [0.717, 1.165) is 25.9 Å². The van der Waals surface area contributed by atoms with Crippen molar-refractivity contribution in [2.75, 3.05) is 26.2 Å². The number of urea groups is 1. The highest BCUT2D eigenvalue weighted by molar-refractivity contribution is 5.74. The SMILES string of the molecule is O=C(NCC(CCO)c1ccccc1)N1CCCCCC1. The zero-order chi connectivity index (χ0) is 14.9. The van der Waals surface area contributed by atoms with Gasteiger partial charge in [0.25, 0.3) is 0 Å². The second kappa shape index (κ2) is 8.67. The van der Waals surface area contributed by atoms with Crippen LogP contribution in [-0.4, -0.2) is 42.3 Å². The first-order valence-corrected chi connectivity index (χ1v) is 8.00. The maximum absolute atomic E-state index is 12.2. The number of amides is 2. The van der Waals surface area contributed by atoms with Crippen molar-refractivity contribution in [2.24, 2.45) is 0 Å². The van der Waals surface area contributed by atoms with Crippen LogP contribution in [0.5, 0.6) is 0 Å². The second-order valence-corrected chi connectivity index (χ2v) is 5.71. The Labute approximate surface area is 127 Å². The lowest BCUT2D eigenvalue weighted by molar-refractivity contribution is 0.198. The highest BCUT2D eigenvalue weighted by Gasteiger charge is 2.17. The number of carbonyl (C=O) groups is 1. The van der Waals surface area contributed by atoms with Crippen LogP contribution in [-0.2, 0) is 0 Å². The van der Waals surface area contributed by atoms with Crippen LogP contribution in [0.3, 0.4) is 0 Å². The average Bonchev–Trinajstić information content (AvgIpc) is 2.81. The van der Waals surface area contributed by atoms with E-state index in [1.807, 2.05) is 23.1 Å². The number of aliphatic hydroxyl groups excluding tert-OH is 1. The minimum atomic E-state index is 0.0378. The predicted octanol–water partition coefficient (Wildman–Crippen LogP) is 2.74. The third-order valence-corrected chi connectivity index (χ3v) is 4.14. The van der Waals surface area contributed by atoms with Crippen molar-refractivity contribution in [1.82, 2.24) is 10.2 Å². The number of benzene rings is 1. The first kappa shape index (κ1) is 15.8. The number of carbonyl (C=O) groups excluding carboxylic acids is 1. The van der Waals surface area contributed by atoms with E-state index in [-0.39, 0.29) is 18.6 Å². The summed E-state index contributed by atoms with van der Waals surface area (Å²) in [4.78, 5) is 14.2. The van der Waals surface area contributed by atoms with Crippen molar-refractivity contribution < 1.29 is 9.90 Å². The van der Waals surface area contributed by atoms with Gasteiger partial charge < -0.3 is 15.3 Å². The fourth-order valence-electron chi connectivity index (χ4n) is 2.86. The molecule has 1 aromatic rings. The average molecular weight is 290 g/mol. The summed E-state index contributed by atoms with van der Waals surface area (Å²) in [5, 5.41) is 12.3. The topological polar surface area (TPSA) is 52.6 Å². The summed E-state index contributed by atoms with van der Waals surface area (Å²) >= 11 is 0. The zero-order valence-electron chi connectivity index (χ0n) is 12.6. The molecule has 2 amide bonds. The van der Waals surface area contributed by atoms with Gasteiger partial charge in [0.2, 0.25) is 0 Å². The van der Waals surface area contributed by atoms with Gasteiger partial charge in [-0.05, 0) is 24.8 Å². The quantitative estimate of drug-likeness (QED) is 0.876. The van der Waals surface area contributed by atoms with Crippen molar-refractivity contribution >= 4 is 6.03 Å². The molecule has 0 bridgehead atoms. The molecule has 0 aromatic heterocycles. The number of hydrogen-bond donors (Lipinski definition) is 2. The number of rotatable bonds is 5. The molecule has 1 atom stereocenters. The molecule has 0 aliphatic carbocycles. The molecule has 1 fully saturated rings. The van der Waals surface area contributed by atoms with Gasteiger partial charge in [0.05, 0.1) is 0 Å². The van der Waals surface area contributed by atoms with E-state index in [1.54, 1.807) is 0 Å². The first-order valence-electron chi connectivity index (χ1n) is 8.00. The summed E-state index contributed by atoms with van der Waals surface area (Å²) in [5.74, 6) is 0.173. The van der Waals surface area contributed by atoms with Gasteiger partial charge in [0, 0.05) is 32.2 Å². The molecule has 21 heavy (non-hydrogen) atoms. The molecule has 2 N–H and O–H groups in total. The Morgan fingerprint density at radius 2 is 1.81 bits per heavy atom. The molecule has 4 nitrogen and oxygen atoms in total. The Bertz CT molecular complexity index is 414. The fraction of sp³-hybridized carbons (Fsp3) is 0.588. The Hall–Kier alpha value is -1.55. The second-order valence-electron chi connectivity index (χ2n) is 5.71. The summed E-state index contributed by atoms with van der Waals surface area (Å²) in [6.07, 6.45) is 5.32. The monoisotopic (exact) mass is 290 g/mol. The Morgan fingerprint density at radius 3 is 2.43 bits per heavy atom. The highest BCUT2D eigenvalue weighted by atomic mass is 16.3. The summed E-state index contributed by atoms with van der Waals surface area (Å²) in [6.45, 7) is 2.45. The van der Waals surface area contributed by atoms with Gasteiger partial charge in [0.15, 0.2) is 0 Å². The molecule has 116 valence electrons. The van der Waals surface area contributed by atoms with Crippen LogP contribution >= 0.6 is 0 Å².